The van der Waals surface area contributed by atoms with Crippen LogP contribution in [0.15, 0.2) is 67.0 Å². The van der Waals surface area contributed by atoms with Gasteiger partial charge in [0.1, 0.15) is 0 Å². The van der Waals surface area contributed by atoms with Crippen LogP contribution in [0.4, 0.5) is 0 Å². The Morgan fingerprint density at radius 3 is 2.64 bits per heavy atom. The van der Waals surface area contributed by atoms with Crippen molar-refractivity contribution in [2.45, 2.75) is 12.3 Å². The van der Waals surface area contributed by atoms with E-state index < -0.39 is 11.7 Å². The molecule has 0 saturated carbocycles. The number of hydrogen-bond acceptors (Lipinski definition) is 3. The van der Waals surface area contributed by atoms with E-state index in [1.54, 1.807) is 10.9 Å². The molecule has 1 unspecified atom stereocenters. The predicted octanol–water partition coefficient (Wildman–Crippen LogP) is 2.51. The molecule has 5 heteroatoms. The van der Waals surface area contributed by atoms with Gasteiger partial charge in [-0.05, 0) is 29.7 Å². The van der Waals surface area contributed by atoms with Gasteiger partial charge in [-0.15, -0.1) is 0 Å². The molecule has 0 bridgehead atoms. The van der Waals surface area contributed by atoms with E-state index in [9.17, 15) is 9.59 Å². The summed E-state index contributed by atoms with van der Waals surface area (Å²) < 4.78 is 1.59. The zero-order chi connectivity index (χ0) is 17.2. The molecule has 1 aromatic heterocycles. The molecular weight excluding hydrogens is 314 g/mol. The highest BCUT2D eigenvalue weighted by atomic mass is 16.2. The molecule has 1 heterocycles. The van der Waals surface area contributed by atoms with E-state index in [1.165, 1.54) is 17.3 Å². The first-order valence-corrected chi connectivity index (χ1v) is 8.23. The van der Waals surface area contributed by atoms with E-state index in [1.807, 2.05) is 42.5 Å². The van der Waals surface area contributed by atoms with Gasteiger partial charge < -0.3 is 5.32 Å². The highest BCUT2D eigenvalue weighted by Gasteiger charge is 2.27. The Hall–Kier alpha value is -3.21. The van der Waals surface area contributed by atoms with E-state index >= 15 is 0 Å². The van der Waals surface area contributed by atoms with Gasteiger partial charge in [0, 0.05) is 18.7 Å². The summed E-state index contributed by atoms with van der Waals surface area (Å²) in [6, 6.07) is 17.6. The summed E-state index contributed by atoms with van der Waals surface area (Å²) in [6.07, 6.45) is 3.94. The molecule has 2 aromatic carbocycles. The molecule has 124 valence electrons. The molecular formula is C20H17N3O2. The summed E-state index contributed by atoms with van der Waals surface area (Å²) >= 11 is 0. The normalized spacial score (nSPS) is 15.1. The first-order chi connectivity index (χ1) is 12.2. The lowest BCUT2D eigenvalue weighted by atomic mass is 9.77. The number of benzene rings is 2. The van der Waals surface area contributed by atoms with Gasteiger partial charge in [-0.25, -0.2) is 4.68 Å². The number of hydrogen-bond donors (Lipinski definition) is 1. The van der Waals surface area contributed by atoms with Crippen LogP contribution in [-0.2, 0) is 11.2 Å². The van der Waals surface area contributed by atoms with Crippen LogP contribution in [0.5, 0.6) is 0 Å². The lowest BCUT2D eigenvalue weighted by molar-refractivity contribution is -0.117. The van der Waals surface area contributed by atoms with Gasteiger partial charge in [-0.2, -0.15) is 5.10 Å². The first kappa shape index (κ1) is 15.3. The first-order valence-electron chi connectivity index (χ1n) is 8.23. The molecule has 0 radical (unpaired) electrons. The molecule has 1 aliphatic carbocycles. The van der Waals surface area contributed by atoms with Gasteiger partial charge in [0.15, 0.2) is 0 Å². The molecule has 0 aliphatic heterocycles. The molecule has 1 atom stereocenters. The summed E-state index contributed by atoms with van der Waals surface area (Å²) in [4.78, 5) is 24.4. The van der Waals surface area contributed by atoms with E-state index in [0.717, 1.165) is 12.1 Å². The second-order valence-electron chi connectivity index (χ2n) is 6.15. The summed E-state index contributed by atoms with van der Waals surface area (Å²) in [5.41, 5.74) is 3.70. The van der Waals surface area contributed by atoms with Crippen molar-refractivity contribution in [2.75, 3.05) is 6.54 Å². The van der Waals surface area contributed by atoms with Crippen molar-refractivity contribution < 1.29 is 9.59 Å². The maximum Gasteiger partial charge on any atom is 0.292 e. The Kier molecular flexibility index (Phi) is 3.90. The number of carbonyl (C=O) groups excluding carboxylic acids is 2. The SMILES string of the molecule is O=C(NCC1Cc2ccccc21)C(=O)c1cnn(-c2ccccc2)c1. The van der Waals surface area contributed by atoms with Crippen LogP contribution in [0.25, 0.3) is 5.69 Å². The Labute approximate surface area is 145 Å². The van der Waals surface area contributed by atoms with Crippen molar-refractivity contribution in [3.05, 3.63) is 83.7 Å². The molecule has 1 N–H and O–H groups in total. The molecule has 0 saturated heterocycles. The zero-order valence-corrected chi connectivity index (χ0v) is 13.6. The number of carbonyl (C=O) groups is 2. The monoisotopic (exact) mass is 331 g/mol. The van der Waals surface area contributed by atoms with Crippen molar-refractivity contribution in [3.63, 3.8) is 0 Å². The van der Waals surface area contributed by atoms with Crippen LogP contribution in [0.1, 0.15) is 27.4 Å². The maximum atomic E-state index is 12.3. The van der Waals surface area contributed by atoms with Crippen molar-refractivity contribution in [1.29, 1.82) is 0 Å². The van der Waals surface area contributed by atoms with Crippen LogP contribution in [0, 0.1) is 0 Å². The number of Topliss-reactive ketones (excluding diaryl/α,β-unsaturated/α-hetero) is 1. The van der Waals surface area contributed by atoms with Gasteiger partial charge in [0.25, 0.3) is 11.7 Å². The fourth-order valence-electron chi connectivity index (χ4n) is 3.13. The minimum atomic E-state index is -0.586. The molecule has 3 aromatic rings. The Morgan fingerprint density at radius 2 is 1.84 bits per heavy atom. The predicted molar refractivity (Wildman–Crippen MR) is 93.8 cm³/mol. The summed E-state index contributed by atoms with van der Waals surface area (Å²) in [7, 11) is 0. The van der Waals surface area contributed by atoms with E-state index in [0.29, 0.717) is 12.5 Å². The second-order valence-corrected chi connectivity index (χ2v) is 6.15. The summed E-state index contributed by atoms with van der Waals surface area (Å²) in [5, 5.41) is 6.91. The largest absolute Gasteiger partial charge is 0.349 e. The minimum Gasteiger partial charge on any atom is -0.349 e. The molecule has 4 rings (SSSR count). The zero-order valence-electron chi connectivity index (χ0n) is 13.6. The third-order valence-corrected chi connectivity index (χ3v) is 4.54. The van der Waals surface area contributed by atoms with Gasteiger partial charge >= 0.3 is 0 Å². The third-order valence-electron chi connectivity index (χ3n) is 4.54. The average Bonchev–Trinajstić information content (AvgIpc) is 3.12. The topological polar surface area (TPSA) is 64.0 Å². The van der Waals surface area contributed by atoms with Gasteiger partial charge in [0.05, 0.1) is 17.4 Å². The van der Waals surface area contributed by atoms with Gasteiger partial charge in [-0.3, -0.25) is 9.59 Å². The van der Waals surface area contributed by atoms with Crippen LogP contribution < -0.4 is 5.32 Å². The molecule has 0 spiro atoms. The fourth-order valence-corrected chi connectivity index (χ4v) is 3.13. The smallest absolute Gasteiger partial charge is 0.292 e. The van der Waals surface area contributed by atoms with Crippen LogP contribution >= 0.6 is 0 Å². The Morgan fingerprint density at radius 1 is 1.08 bits per heavy atom. The third kappa shape index (κ3) is 2.96. The van der Waals surface area contributed by atoms with Crippen molar-refractivity contribution >= 4 is 11.7 Å². The second kappa shape index (κ2) is 6.36. The highest BCUT2D eigenvalue weighted by Crippen LogP contribution is 2.33. The highest BCUT2D eigenvalue weighted by molar-refractivity contribution is 6.42. The molecule has 0 fully saturated rings. The number of nitrogens with one attached hydrogen (secondary N) is 1. The average molecular weight is 331 g/mol. The Balaban J connectivity index is 1.38. The maximum absolute atomic E-state index is 12.3. The molecule has 1 aliphatic rings. The number of nitrogens with zero attached hydrogens (tertiary/aromatic N) is 2. The van der Waals surface area contributed by atoms with E-state index in [4.69, 9.17) is 0 Å². The van der Waals surface area contributed by atoms with E-state index in [-0.39, 0.29) is 5.56 Å². The fraction of sp³-hybridized carbons (Fsp3) is 0.150. The molecule has 1 amide bonds. The summed E-state index contributed by atoms with van der Waals surface area (Å²) in [5.74, 6) is -0.855. The van der Waals surface area contributed by atoms with E-state index in [2.05, 4.69) is 22.5 Å². The number of para-hydroxylation sites is 1. The number of fused-ring (bicyclic) bond motifs is 1. The molecule has 25 heavy (non-hydrogen) atoms. The standard InChI is InChI=1S/C20H17N3O2/c24-19(16-12-22-23(13-16)17-7-2-1-3-8-17)20(25)21-11-15-10-14-6-4-5-9-18(14)15/h1-9,12-13,15H,10-11H2,(H,21,25). The van der Waals surface area contributed by atoms with Crippen molar-refractivity contribution in [3.8, 4) is 5.69 Å². The number of ketones is 1. The van der Waals surface area contributed by atoms with Gasteiger partial charge in [0.2, 0.25) is 0 Å². The number of aromatic nitrogens is 2. The van der Waals surface area contributed by atoms with Crippen molar-refractivity contribution in [1.82, 2.24) is 15.1 Å². The van der Waals surface area contributed by atoms with Crippen LogP contribution in [0.3, 0.4) is 0 Å². The quantitative estimate of drug-likeness (QED) is 0.577. The number of rotatable bonds is 5. The molecule has 5 nitrogen and oxygen atoms in total. The lowest BCUT2D eigenvalue weighted by Gasteiger charge is -2.30. The minimum absolute atomic E-state index is 0.287. The van der Waals surface area contributed by atoms with Crippen LogP contribution in [0.2, 0.25) is 0 Å². The number of amides is 1. The van der Waals surface area contributed by atoms with Crippen LogP contribution in [-0.4, -0.2) is 28.0 Å². The van der Waals surface area contributed by atoms with Crippen molar-refractivity contribution in [2.24, 2.45) is 0 Å². The Bertz CT molecular complexity index is 931. The lowest BCUT2D eigenvalue weighted by Crippen LogP contribution is -2.37. The van der Waals surface area contributed by atoms with Gasteiger partial charge in [-0.1, -0.05) is 42.5 Å². The summed E-state index contributed by atoms with van der Waals surface area (Å²) in [6.45, 7) is 0.481.